The van der Waals surface area contributed by atoms with Crippen molar-refractivity contribution >= 4 is 51.7 Å². The number of halogens is 1. The number of thiocarbonyl (C=S) groups is 1. The molecule has 1 rings (SSSR count). The molecular formula is C15H20IN3O3S. The third kappa shape index (κ3) is 7.12. The number of methoxy groups -OCH3 is 1. The number of rotatable bonds is 6. The van der Waals surface area contributed by atoms with Crippen LogP contribution in [0.4, 0.5) is 0 Å². The minimum Gasteiger partial charge on any atom is -0.496 e. The van der Waals surface area contributed by atoms with Gasteiger partial charge >= 0.3 is 0 Å². The van der Waals surface area contributed by atoms with Crippen molar-refractivity contribution in [1.29, 1.82) is 0 Å². The average molecular weight is 449 g/mol. The molecule has 0 spiro atoms. The molecule has 2 amide bonds. The van der Waals surface area contributed by atoms with Gasteiger partial charge in [0, 0.05) is 12.0 Å². The molecule has 0 bridgehead atoms. The molecule has 1 aromatic rings. The molecule has 6 nitrogen and oxygen atoms in total. The molecular weight excluding hydrogens is 429 g/mol. The minimum absolute atomic E-state index is 0.0723. The summed E-state index contributed by atoms with van der Waals surface area (Å²) in [5.41, 5.74) is 5.42. The summed E-state index contributed by atoms with van der Waals surface area (Å²) >= 11 is 7.05. The number of benzene rings is 1. The molecule has 0 aliphatic rings. The first-order valence-electron chi connectivity index (χ1n) is 7.21. The van der Waals surface area contributed by atoms with Gasteiger partial charge in [0.05, 0.1) is 10.7 Å². The Balaban J connectivity index is 2.42. The van der Waals surface area contributed by atoms with Crippen LogP contribution in [0, 0.1) is 3.57 Å². The number of hydrazine groups is 1. The van der Waals surface area contributed by atoms with Crippen molar-refractivity contribution in [3.63, 3.8) is 0 Å². The summed E-state index contributed by atoms with van der Waals surface area (Å²) in [7, 11) is 1.57. The molecule has 0 aliphatic carbocycles. The van der Waals surface area contributed by atoms with Crippen molar-refractivity contribution in [2.45, 2.75) is 32.6 Å². The Kier molecular flexibility index (Phi) is 8.85. The zero-order valence-electron chi connectivity index (χ0n) is 13.1. The van der Waals surface area contributed by atoms with Crippen molar-refractivity contribution in [2.24, 2.45) is 0 Å². The Hall–Kier alpha value is -1.42. The van der Waals surface area contributed by atoms with Gasteiger partial charge in [-0.15, -0.1) is 0 Å². The van der Waals surface area contributed by atoms with Crippen LogP contribution in [0.25, 0.3) is 0 Å². The lowest BCUT2D eigenvalue weighted by Crippen LogP contribution is -2.48. The fourth-order valence-electron chi connectivity index (χ4n) is 1.75. The van der Waals surface area contributed by atoms with Crippen LogP contribution in [-0.4, -0.2) is 24.0 Å². The summed E-state index contributed by atoms with van der Waals surface area (Å²) in [5.74, 6) is 0.183. The molecule has 0 aromatic heterocycles. The van der Waals surface area contributed by atoms with E-state index in [4.69, 9.17) is 17.0 Å². The van der Waals surface area contributed by atoms with Gasteiger partial charge in [-0.05, 0) is 59.4 Å². The number of amides is 2. The first-order valence-corrected chi connectivity index (χ1v) is 8.70. The second kappa shape index (κ2) is 10.4. The highest BCUT2D eigenvalue weighted by Crippen LogP contribution is 2.21. The van der Waals surface area contributed by atoms with Gasteiger partial charge in [0.25, 0.3) is 5.91 Å². The number of ether oxygens (including phenoxy) is 1. The standard InChI is InChI=1S/C15H20IN3O3S/c1-3-4-5-6-13(20)17-15(23)19-18-14(21)10-7-8-12(22-2)11(16)9-10/h7-9H,3-6H2,1-2H3,(H,18,21)(H2,17,19,20,23). The van der Waals surface area contributed by atoms with Gasteiger partial charge in [0.2, 0.25) is 5.91 Å². The molecule has 0 fully saturated rings. The maximum absolute atomic E-state index is 12.0. The van der Waals surface area contributed by atoms with Crippen molar-refractivity contribution in [2.75, 3.05) is 7.11 Å². The summed E-state index contributed by atoms with van der Waals surface area (Å²) in [6, 6.07) is 5.05. The zero-order valence-corrected chi connectivity index (χ0v) is 16.0. The predicted molar refractivity (Wildman–Crippen MR) is 101 cm³/mol. The summed E-state index contributed by atoms with van der Waals surface area (Å²) in [4.78, 5) is 23.6. The lowest BCUT2D eigenvalue weighted by molar-refractivity contribution is -0.119. The first-order chi connectivity index (χ1) is 11.0. The number of hydrogen-bond acceptors (Lipinski definition) is 4. The third-order valence-electron chi connectivity index (χ3n) is 2.96. The van der Waals surface area contributed by atoms with Crippen LogP contribution in [0.5, 0.6) is 5.75 Å². The van der Waals surface area contributed by atoms with E-state index in [1.54, 1.807) is 25.3 Å². The van der Waals surface area contributed by atoms with E-state index in [1.165, 1.54) is 0 Å². The monoisotopic (exact) mass is 449 g/mol. The maximum Gasteiger partial charge on any atom is 0.269 e. The molecule has 1 aromatic carbocycles. The van der Waals surface area contributed by atoms with E-state index in [2.05, 4.69) is 45.7 Å². The van der Waals surface area contributed by atoms with Gasteiger partial charge in [-0.25, -0.2) is 0 Å². The Morgan fingerprint density at radius 2 is 2.00 bits per heavy atom. The molecule has 8 heteroatoms. The first kappa shape index (κ1) is 19.6. The third-order valence-corrected chi connectivity index (χ3v) is 4.01. The largest absolute Gasteiger partial charge is 0.496 e. The fraction of sp³-hybridized carbons (Fsp3) is 0.400. The van der Waals surface area contributed by atoms with Gasteiger partial charge in [-0.1, -0.05) is 19.8 Å². The average Bonchev–Trinajstić information content (AvgIpc) is 2.52. The number of nitrogens with one attached hydrogen (secondary N) is 3. The normalized spacial score (nSPS) is 9.87. The van der Waals surface area contributed by atoms with E-state index < -0.39 is 0 Å². The highest BCUT2D eigenvalue weighted by molar-refractivity contribution is 14.1. The number of unbranched alkanes of at least 4 members (excludes halogenated alkanes) is 2. The van der Waals surface area contributed by atoms with Crippen LogP contribution in [0.15, 0.2) is 18.2 Å². The van der Waals surface area contributed by atoms with E-state index in [0.717, 1.165) is 22.8 Å². The van der Waals surface area contributed by atoms with Gasteiger partial charge in [-0.2, -0.15) is 0 Å². The van der Waals surface area contributed by atoms with Crippen molar-refractivity contribution in [3.8, 4) is 5.75 Å². The van der Waals surface area contributed by atoms with E-state index >= 15 is 0 Å². The van der Waals surface area contributed by atoms with Gasteiger partial charge in [0.1, 0.15) is 5.75 Å². The van der Waals surface area contributed by atoms with E-state index in [0.29, 0.717) is 17.7 Å². The SMILES string of the molecule is CCCCCC(=O)NC(=S)NNC(=O)c1ccc(OC)c(I)c1. The van der Waals surface area contributed by atoms with Crippen LogP contribution >= 0.6 is 34.8 Å². The second-order valence-electron chi connectivity index (χ2n) is 4.76. The van der Waals surface area contributed by atoms with Gasteiger partial charge < -0.3 is 10.1 Å². The lowest BCUT2D eigenvalue weighted by Gasteiger charge is -2.11. The van der Waals surface area contributed by atoms with Crippen LogP contribution < -0.4 is 20.9 Å². The van der Waals surface area contributed by atoms with E-state index in [1.807, 2.05) is 0 Å². The van der Waals surface area contributed by atoms with Crippen molar-refractivity contribution < 1.29 is 14.3 Å². The molecule has 0 unspecified atom stereocenters. The smallest absolute Gasteiger partial charge is 0.269 e. The quantitative estimate of drug-likeness (QED) is 0.269. The van der Waals surface area contributed by atoms with Gasteiger partial charge in [-0.3, -0.25) is 20.4 Å². The van der Waals surface area contributed by atoms with Crippen LogP contribution in [0.2, 0.25) is 0 Å². The van der Waals surface area contributed by atoms with Crippen molar-refractivity contribution in [1.82, 2.24) is 16.2 Å². The number of hydrogen-bond donors (Lipinski definition) is 3. The summed E-state index contributed by atoms with van der Waals surface area (Å²) in [6.07, 6.45) is 3.29. The minimum atomic E-state index is -0.354. The van der Waals surface area contributed by atoms with Crippen LogP contribution in [-0.2, 0) is 4.79 Å². The van der Waals surface area contributed by atoms with Gasteiger partial charge in [0.15, 0.2) is 5.11 Å². The van der Waals surface area contributed by atoms with E-state index in [9.17, 15) is 9.59 Å². The number of carbonyl (C=O) groups excluding carboxylic acids is 2. The molecule has 0 heterocycles. The Morgan fingerprint density at radius 1 is 1.26 bits per heavy atom. The predicted octanol–water partition coefficient (Wildman–Crippen LogP) is 2.52. The lowest BCUT2D eigenvalue weighted by atomic mass is 10.2. The highest BCUT2D eigenvalue weighted by Gasteiger charge is 2.10. The summed E-state index contributed by atoms with van der Waals surface area (Å²) < 4.78 is 5.96. The molecule has 23 heavy (non-hydrogen) atoms. The summed E-state index contributed by atoms with van der Waals surface area (Å²) in [6.45, 7) is 2.07. The Morgan fingerprint density at radius 3 is 2.61 bits per heavy atom. The molecule has 0 atom stereocenters. The summed E-state index contributed by atoms with van der Waals surface area (Å²) in [5, 5.41) is 2.59. The molecule has 0 saturated carbocycles. The zero-order chi connectivity index (χ0) is 17.2. The number of carbonyl (C=O) groups is 2. The molecule has 126 valence electrons. The molecule has 3 N–H and O–H groups in total. The highest BCUT2D eigenvalue weighted by atomic mass is 127. The molecule has 0 radical (unpaired) electrons. The molecule has 0 saturated heterocycles. The topological polar surface area (TPSA) is 79.5 Å². The molecule has 0 aliphatic heterocycles. The maximum atomic E-state index is 12.0. The van der Waals surface area contributed by atoms with Crippen LogP contribution in [0.3, 0.4) is 0 Å². The Bertz CT molecular complexity index is 581. The van der Waals surface area contributed by atoms with Crippen molar-refractivity contribution in [3.05, 3.63) is 27.3 Å². The van der Waals surface area contributed by atoms with E-state index in [-0.39, 0.29) is 16.9 Å². The fourth-order valence-corrected chi connectivity index (χ4v) is 2.65. The van der Waals surface area contributed by atoms with Crippen LogP contribution in [0.1, 0.15) is 43.0 Å². The Labute approximate surface area is 154 Å². The second-order valence-corrected chi connectivity index (χ2v) is 6.33.